The van der Waals surface area contributed by atoms with Crippen molar-refractivity contribution in [2.24, 2.45) is 4.99 Å². The molecule has 0 bridgehead atoms. The van der Waals surface area contributed by atoms with E-state index in [1.165, 1.54) is 18.4 Å². The molecule has 0 amide bonds. The standard InChI is InChI=1S/C14H19N3O2/c1-15-14(16-9-7-13(18)19-2)17-10-8-11-5-3-4-6-12(11)17/h3-6H,7-10H2,1-2H3,(H,15,16). The van der Waals surface area contributed by atoms with E-state index in [2.05, 4.69) is 38.1 Å². The summed E-state index contributed by atoms with van der Waals surface area (Å²) in [4.78, 5) is 17.5. The minimum absolute atomic E-state index is 0.218. The number of fused-ring (bicyclic) bond motifs is 1. The number of benzene rings is 1. The van der Waals surface area contributed by atoms with Gasteiger partial charge in [0.2, 0.25) is 0 Å². The zero-order valence-corrected chi connectivity index (χ0v) is 11.3. The zero-order valence-electron chi connectivity index (χ0n) is 11.3. The van der Waals surface area contributed by atoms with Crippen molar-refractivity contribution in [3.63, 3.8) is 0 Å². The van der Waals surface area contributed by atoms with Gasteiger partial charge in [0, 0.05) is 25.8 Å². The van der Waals surface area contributed by atoms with Crippen molar-refractivity contribution in [2.75, 3.05) is 32.1 Å². The molecule has 5 heteroatoms. The molecule has 0 saturated heterocycles. The van der Waals surface area contributed by atoms with Gasteiger partial charge in [0.1, 0.15) is 0 Å². The predicted octanol–water partition coefficient (Wildman–Crippen LogP) is 1.19. The van der Waals surface area contributed by atoms with Gasteiger partial charge >= 0.3 is 5.97 Å². The van der Waals surface area contributed by atoms with Gasteiger partial charge in [-0.25, -0.2) is 0 Å². The maximum atomic E-state index is 11.1. The lowest BCUT2D eigenvalue weighted by atomic mass is 10.2. The van der Waals surface area contributed by atoms with Gasteiger partial charge in [0.15, 0.2) is 5.96 Å². The number of methoxy groups -OCH3 is 1. The average Bonchev–Trinajstić information content (AvgIpc) is 2.87. The van der Waals surface area contributed by atoms with Crippen LogP contribution in [0.25, 0.3) is 0 Å². The molecular weight excluding hydrogens is 242 g/mol. The second kappa shape index (κ2) is 6.22. The van der Waals surface area contributed by atoms with Gasteiger partial charge in [-0.1, -0.05) is 18.2 Å². The minimum atomic E-state index is -0.218. The number of carbonyl (C=O) groups excluding carboxylic acids is 1. The molecule has 1 heterocycles. The van der Waals surface area contributed by atoms with Crippen LogP contribution in [-0.2, 0) is 16.0 Å². The molecule has 0 aromatic heterocycles. The number of anilines is 1. The molecule has 0 spiro atoms. The van der Waals surface area contributed by atoms with Crippen molar-refractivity contribution in [1.29, 1.82) is 0 Å². The van der Waals surface area contributed by atoms with E-state index >= 15 is 0 Å². The van der Waals surface area contributed by atoms with E-state index in [9.17, 15) is 4.79 Å². The quantitative estimate of drug-likeness (QED) is 0.504. The van der Waals surface area contributed by atoms with Crippen LogP contribution in [0.1, 0.15) is 12.0 Å². The number of esters is 1. The Morgan fingerprint density at radius 3 is 3.00 bits per heavy atom. The molecule has 19 heavy (non-hydrogen) atoms. The first kappa shape index (κ1) is 13.4. The third-order valence-electron chi connectivity index (χ3n) is 3.19. The van der Waals surface area contributed by atoms with Gasteiger partial charge in [-0.15, -0.1) is 0 Å². The van der Waals surface area contributed by atoms with Gasteiger partial charge in [0.05, 0.1) is 13.5 Å². The Balaban J connectivity index is 1.98. The van der Waals surface area contributed by atoms with Crippen LogP contribution in [-0.4, -0.2) is 39.2 Å². The number of carbonyl (C=O) groups is 1. The van der Waals surface area contributed by atoms with E-state index < -0.39 is 0 Å². The lowest BCUT2D eigenvalue weighted by molar-refractivity contribution is -0.140. The number of nitrogens with one attached hydrogen (secondary N) is 1. The average molecular weight is 261 g/mol. The van der Waals surface area contributed by atoms with E-state index in [0.29, 0.717) is 13.0 Å². The maximum absolute atomic E-state index is 11.1. The smallest absolute Gasteiger partial charge is 0.307 e. The molecule has 2 rings (SSSR count). The summed E-state index contributed by atoms with van der Waals surface area (Å²) in [6.45, 7) is 1.44. The van der Waals surface area contributed by atoms with Crippen molar-refractivity contribution >= 4 is 17.6 Å². The fourth-order valence-corrected chi connectivity index (χ4v) is 2.23. The minimum Gasteiger partial charge on any atom is -0.469 e. The van der Waals surface area contributed by atoms with Gasteiger partial charge in [-0.3, -0.25) is 9.79 Å². The topological polar surface area (TPSA) is 53.9 Å². The molecule has 1 aromatic rings. The predicted molar refractivity (Wildman–Crippen MR) is 75.5 cm³/mol. The fraction of sp³-hybridized carbons (Fsp3) is 0.429. The molecule has 1 aliphatic heterocycles. The highest BCUT2D eigenvalue weighted by Gasteiger charge is 2.22. The van der Waals surface area contributed by atoms with Crippen LogP contribution in [0, 0.1) is 0 Å². The summed E-state index contributed by atoms with van der Waals surface area (Å²) >= 11 is 0. The monoisotopic (exact) mass is 261 g/mol. The highest BCUT2D eigenvalue weighted by molar-refractivity contribution is 5.98. The van der Waals surface area contributed by atoms with Crippen molar-refractivity contribution in [1.82, 2.24) is 5.32 Å². The van der Waals surface area contributed by atoms with Crippen LogP contribution >= 0.6 is 0 Å². The van der Waals surface area contributed by atoms with Gasteiger partial charge in [0.25, 0.3) is 0 Å². The summed E-state index contributed by atoms with van der Waals surface area (Å²) in [7, 11) is 3.15. The maximum Gasteiger partial charge on any atom is 0.307 e. The number of guanidine groups is 1. The van der Waals surface area contributed by atoms with Gasteiger partial charge in [-0.05, 0) is 18.1 Å². The van der Waals surface area contributed by atoms with Crippen LogP contribution in [0.3, 0.4) is 0 Å². The van der Waals surface area contributed by atoms with Crippen molar-refractivity contribution in [2.45, 2.75) is 12.8 Å². The van der Waals surface area contributed by atoms with E-state index in [1.807, 2.05) is 6.07 Å². The Hall–Kier alpha value is -2.04. The normalized spacial score (nSPS) is 14.2. The molecule has 5 nitrogen and oxygen atoms in total. The van der Waals surface area contributed by atoms with E-state index in [-0.39, 0.29) is 5.97 Å². The molecule has 0 atom stereocenters. The zero-order chi connectivity index (χ0) is 13.7. The molecule has 0 fully saturated rings. The van der Waals surface area contributed by atoms with Crippen molar-refractivity contribution in [3.05, 3.63) is 29.8 Å². The lowest BCUT2D eigenvalue weighted by Crippen LogP contribution is -2.41. The molecule has 102 valence electrons. The number of rotatable bonds is 3. The summed E-state index contributed by atoms with van der Waals surface area (Å²) in [5, 5.41) is 3.19. The number of hydrogen-bond acceptors (Lipinski definition) is 3. The van der Waals surface area contributed by atoms with Crippen LogP contribution in [0.4, 0.5) is 5.69 Å². The second-order valence-electron chi connectivity index (χ2n) is 4.33. The second-order valence-corrected chi connectivity index (χ2v) is 4.33. The molecule has 0 saturated carbocycles. The molecule has 1 N–H and O–H groups in total. The fourth-order valence-electron chi connectivity index (χ4n) is 2.23. The number of nitrogens with zero attached hydrogens (tertiary/aromatic N) is 2. The van der Waals surface area contributed by atoms with Crippen LogP contribution in [0.2, 0.25) is 0 Å². The summed E-state index contributed by atoms with van der Waals surface area (Å²) in [5.41, 5.74) is 2.52. The SMILES string of the molecule is CN=C(NCCC(=O)OC)N1CCc2ccccc21. The Morgan fingerprint density at radius 1 is 1.47 bits per heavy atom. The third-order valence-corrected chi connectivity index (χ3v) is 3.19. The Labute approximate surface area is 113 Å². The number of aliphatic imine (C=N–C) groups is 1. The van der Waals surface area contributed by atoms with Crippen LogP contribution in [0.5, 0.6) is 0 Å². The van der Waals surface area contributed by atoms with Gasteiger partial charge in [-0.2, -0.15) is 0 Å². The number of hydrogen-bond donors (Lipinski definition) is 1. The van der Waals surface area contributed by atoms with Crippen LogP contribution < -0.4 is 10.2 Å². The largest absolute Gasteiger partial charge is 0.469 e. The summed E-state index contributed by atoms with van der Waals surface area (Å²) in [6, 6.07) is 8.31. The summed E-state index contributed by atoms with van der Waals surface area (Å²) in [5.74, 6) is 0.582. The summed E-state index contributed by atoms with van der Waals surface area (Å²) in [6.07, 6.45) is 1.36. The first-order chi connectivity index (χ1) is 9.26. The van der Waals surface area contributed by atoms with Crippen LogP contribution in [0.15, 0.2) is 29.3 Å². The molecule has 0 unspecified atom stereocenters. The first-order valence-electron chi connectivity index (χ1n) is 6.39. The molecule has 1 aliphatic rings. The van der Waals surface area contributed by atoms with Gasteiger partial charge < -0.3 is 15.0 Å². The Morgan fingerprint density at radius 2 is 2.26 bits per heavy atom. The molecule has 0 radical (unpaired) electrons. The number of ether oxygens (including phenoxy) is 1. The lowest BCUT2D eigenvalue weighted by Gasteiger charge is -2.22. The van der Waals surface area contributed by atoms with E-state index in [1.54, 1.807) is 7.05 Å². The summed E-state index contributed by atoms with van der Waals surface area (Å²) < 4.78 is 4.61. The van der Waals surface area contributed by atoms with E-state index in [4.69, 9.17) is 0 Å². The van der Waals surface area contributed by atoms with Crippen molar-refractivity contribution < 1.29 is 9.53 Å². The first-order valence-corrected chi connectivity index (χ1v) is 6.39. The third kappa shape index (κ3) is 3.05. The highest BCUT2D eigenvalue weighted by Crippen LogP contribution is 2.27. The Kier molecular flexibility index (Phi) is 4.39. The number of para-hydroxylation sites is 1. The Bertz CT molecular complexity index is 485. The van der Waals surface area contributed by atoms with Crippen molar-refractivity contribution in [3.8, 4) is 0 Å². The molecular formula is C14H19N3O2. The molecule has 0 aliphatic carbocycles. The highest BCUT2D eigenvalue weighted by atomic mass is 16.5. The molecule has 1 aromatic carbocycles. The van der Waals surface area contributed by atoms with E-state index in [0.717, 1.165) is 18.9 Å².